The van der Waals surface area contributed by atoms with Crippen LogP contribution in [0.1, 0.15) is 40.0 Å². The Kier molecular flexibility index (Phi) is 4.45. The van der Waals surface area contributed by atoms with E-state index in [1.807, 2.05) is 0 Å². The van der Waals surface area contributed by atoms with Crippen LogP contribution >= 0.6 is 0 Å². The van der Waals surface area contributed by atoms with E-state index in [-0.39, 0.29) is 0 Å². The summed E-state index contributed by atoms with van der Waals surface area (Å²) in [6.45, 7) is 9.91. The smallest absolute Gasteiger partial charge is 0.0674 e. The molecular weight excluding hydrogens is 212 g/mol. The largest absolute Gasteiger partial charge is 0.376 e. The number of nitrogens with two attached hydrogens (primary N) is 1. The molecule has 2 fully saturated rings. The average molecular weight is 240 g/mol. The molecule has 0 aromatic heterocycles. The van der Waals surface area contributed by atoms with Crippen molar-refractivity contribution >= 4 is 0 Å². The Morgan fingerprint density at radius 3 is 2.76 bits per heavy atom. The zero-order chi connectivity index (χ0) is 12.4. The van der Waals surface area contributed by atoms with E-state index in [0.717, 1.165) is 19.1 Å². The summed E-state index contributed by atoms with van der Waals surface area (Å²) >= 11 is 0. The van der Waals surface area contributed by atoms with Gasteiger partial charge in [0.25, 0.3) is 0 Å². The molecule has 0 bridgehead atoms. The minimum Gasteiger partial charge on any atom is -0.376 e. The van der Waals surface area contributed by atoms with Crippen LogP contribution < -0.4 is 5.73 Å². The third kappa shape index (κ3) is 3.43. The van der Waals surface area contributed by atoms with Crippen molar-refractivity contribution in [1.29, 1.82) is 0 Å². The predicted octanol–water partition coefficient (Wildman–Crippen LogP) is 1.86. The lowest BCUT2D eigenvalue weighted by Crippen LogP contribution is -2.52. The molecule has 0 amide bonds. The van der Waals surface area contributed by atoms with Gasteiger partial charge in [0.15, 0.2) is 0 Å². The maximum Gasteiger partial charge on any atom is 0.0674 e. The molecule has 1 saturated carbocycles. The Morgan fingerprint density at radius 1 is 1.24 bits per heavy atom. The van der Waals surface area contributed by atoms with Gasteiger partial charge in [0.2, 0.25) is 0 Å². The average Bonchev–Trinajstić information content (AvgIpc) is 2.28. The molecule has 2 rings (SSSR count). The monoisotopic (exact) mass is 240 g/mol. The molecule has 17 heavy (non-hydrogen) atoms. The zero-order valence-electron chi connectivity index (χ0n) is 11.6. The number of rotatable bonds is 2. The maximum atomic E-state index is 6.28. The summed E-state index contributed by atoms with van der Waals surface area (Å²) in [4.78, 5) is 2.58. The number of hydrogen-bond donors (Lipinski definition) is 1. The summed E-state index contributed by atoms with van der Waals surface area (Å²) in [5.74, 6) is 1.54. The Balaban J connectivity index is 1.89. The molecule has 0 aromatic rings. The molecule has 0 spiro atoms. The van der Waals surface area contributed by atoms with Gasteiger partial charge in [0.05, 0.1) is 12.7 Å². The van der Waals surface area contributed by atoms with Crippen LogP contribution in [0.3, 0.4) is 0 Å². The van der Waals surface area contributed by atoms with Gasteiger partial charge in [-0.15, -0.1) is 0 Å². The van der Waals surface area contributed by atoms with Crippen molar-refractivity contribution in [3.8, 4) is 0 Å². The SMILES string of the molecule is CC1CCC(N)C(CN2CC(C)OCC2C)C1. The van der Waals surface area contributed by atoms with Gasteiger partial charge in [-0.2, -0.15) is 0 Å². The molecule has 5 atom stereocenters. The molecule has 2 aliphatic rings. The molecule has 3 nitrogen and oxygen atoms in total. The van der Waals surface area contributed by atoms with Crippen molar-refractivity contribution in [1.82, 2.24) is 4.90 Å². The second kappa shape index (κ2) is 5.68. The van der Waals surface area contributed by atoms with E-state index in [1.165, 1.54) is 25.8 Å². The number of morpholine rings is 1. The van der Waals surface area contributed by atoms with Crippen molar-refractivity contribution in [3.05, 3.63) is 0 Å². The highest BCUT2D eigenvalue weighted by atomic mass is 16.5. The van der Waals surface area contributed by atoms with Crippen molar-refractivity contribution in [2.45, 2.75) is 58.2 Å². The maximum absolute atomic E-state index is 6.28. The molecule has 0 aromatic carbocycles. The summed E-state index contributed by atoms with van der Waals surface area (Å²) in [6, 6.07) is 0.965. The van der Waals surface area contributed by atoms with Crippen LogP contribution in [0.5, 0.6) is 0 Å². The van der Waals surface area contributed by atoms with Gasteiger partial charge in [-0.3, -0.25) is 4.90 Å². The van der Waals surface area contributed by atoms with Gasteiger partial charge in [0.1, 0.15) is 0 Å². The van der Waals surface area contributed by atoms with Crippen LogP contribution in [-0.2, 0) is 4.74 Å². The number of hydrogen-bond acceptors (Lipinski definition) is 3. The second-order valence-electron chi connectivity index (χ2n) is 6.29. The Hall–Kier alpha value is -0.120. The van der Waals surface area contributed by atoms with Crippen molar-refractivity contribution < 1.29 is 4.74 Å². The van der Waals surface area contributed by atoms with Crippen LogP contribution in [0.15, 0.2) is 0 Å². The van der Waals surface area contributed by atoms with Crippen LogP contribution in [0.25, 0.3) is 0 Å². The van der Waals surface area contributed by atoms with E-state index in [9.17, 15) is 0 Å². The highest BCUT2D eigenvalue weighted by molar-refractivity contribution is 4.86. The molecule has 1 heterocycles. The van der Waals surface area contributed by atoms with E-state index < -0.39 is 0 Å². The highest BCUT2D eigenvalue weighted by Gasteiger charge is 2.31. The van der Waals surface area contributed by atoms with E-state index in [4.69, 9.17) is 10.5 Å². The zero-order valence-corrected chi connectivity index (χ0v) is 11.6. The topological polar surface area (TPSA) is 38.5 Å². The van der Waals surface area contributed by atoms with Crippen LogP contribution in [0.2, 0.25) is 0 Å². The molecule has 2 N–H and O–H groups in total. The summed E-state index contributed by atoms with van der Waals surface area (Å²) < 4.78 is 5.68. The Bertz CT molecular complexity index is 222. The lowest BCUT2D eigenvalue weighted by molar-refractivity contribution is -0.0575. The van der Waals surface area contributed by atoms with Crippen molar-refractivity contribution in [2.24, 2.45) is 17.6 Å². The Labute approximate surface area is 106 Å². The van der Waals surface area contributed by atoms with Gasteiger partial charge < -0.3 is 10.5 Å². The van der Waals surface area contributed by atoms with Gasteiger partial charge >= 0.3 is 0 Å². The van der Waals surface area contributed by atoms with E-state index >= 15 is 0 Å². The standard InChI is InChI=1S/C14H28N2O/c1-10-4-5-14(15)13(6-10)8-16-7-12(3)17-9-11(16)2/h10-14H,4-9,15H2,1-3H3. The molecule has 100 valence electrons. The normalized spacial score (nSPS) is 44.8. The van der Waals surface area contributed by atoms with E-state index in [2.05, 4.69) is 25.7 Å². The second-order valence-corrected chi connectivity index (χ2v) is 6.29. The van der Waals surface area contributed by atoms with Crippen molar-refractivity contribution in [3.63, 3.8) is 0 Å². The number of nitrogens with zero attached hydrogens (tertiary/aromatic N) is 1. The minimum atomic E-state index is 0.378. The minimum absolute atomic E-state index is 0.378. The molecule has 1 saturated heterocycles. The van der Waals surface area contributed by atoms with Gasteiger partial charge in [-0.05, 0) is 44.9 Å². The van der Waals surface area contributed by atoms with Crippen molar-refractivity contribution in [2.75, 3.05) is 19.7 Å². The first kappa shape index (κ1) is 13.3. The third-order valence-corrected chi connectivity index (χ3v) is 4.51. The summed E-state index contributed by atoms with van der Waals surface area (Å²) in [6.07, 6.45) is 4.20. The summed E-state index contributed by atoms with van der Waals surface area (Å²) in [5.41, 5.74) is 6.28. The first-order valence-electron chi connectivity index (χ1n) is 7.17. The van der Waals surface area contributed by atoms with Crippen LogP contribution in [0, 0.1) is 11.8 Å². The molecular formula is C14H28N2O. The summed E-state index contributed by atoms with van der Waals surface area (Å²) in [5, 5.41) is 0. The molecule has 3 heteroatoms. The molecule has 0 radical (unpaired) electrons. The fraction of sp³-hybridized carbons (Fsp3) is 1.00. The Morgan fingerprint density at radius 2 is 2.00 bits per heavy atom. The number of ether oxygens (including phenoxy) is 1. The quantitative estimate of drug-likeness (QED) is 0.800. The van der Waals surface area contributed by atoms with Gasteiger partial charge in [-0.25, -0.2) is 0 Å². The first-order valence-corrected chi connectivity index (χ1v) is 7.17. The first-order chi connectivity index (χ1) is 8.06. The molecule has 1 aliphatic heterocycles. The van der Waals surface area contributed by atoms with E-state index in [1.54, 1.807) is 0 Å². The van der Waals surface area contributed by atoms with Crippen LogP contribution in [0.4, 0.5) is 0 Å². The molecule has 5 unspecified atom stereocenters. The predicted molar refractivity (Wildman–Crippen MR) is 70.9 cm³/mol. The fourth-order valence-electron chi connectivity index (χ4n) is 3.26. The fourth-order valence-corrected chi connectivity index (χ4v) is 3.26. The van der Waals surface area contributed by atoms with Gasteiger partial charge in [-0.1, -0.05) is 6.92 Å². The molecule has 1 aliphatic carbocycles. The van der Waals surface area contributed by atoms with Gasteiger partial charge in [0, 0.05) is 25.2 Å². The van der Waals surface area contributed by atoms with E-state index in [0.29, 0.717) is 24.1 Å². The third-order valence-electron chi connectivity index (χ3n) is 4.51. The summed E-state index contributed by atoms with van der Waals surface area (Å²) in [7, 11) is 0. The van der Waals surface area contributed by atoms with Crippen LogP contribution in [-0.4, -0.2) is 42.8 Å². The lowest BCUT2D eigenvalue weighted by atomic mass is 9.79. The lowest BCUT2D eigenvalue weighted by Gasteiger charge is -2.42. The highest BCUT2D eigenvalue weighted by Crippen LogP contribution is 2.29.